The number of para-hydroxylation sites is 1. The number of benzene rings is 9. The van der Waals surface area contributed by atoms with Crippen molar-refractivity contribution in [3.05, 3.63) is 360 Å². The summed E-state index contributed by atoms with van der Waals surface area (Å²) in [6, 6.07) is 98.1. The highest BCUT2D eigenvalue weighted by Gasteiger charge is 2.28. The number of hydrogen-bond donors (Lipinski definition) is 2. The molecular weight excluding hydrogens is 1390 g/mol. The first-order valence-electron chi connectivity index (χ1n) is 42.0. The summed E-state index contributed by atoms with van der Waals surface area (Å²) in [5.74, 6) is 0.449. The monoisotopic (exact) mass is 1550 g/mol. The molecule has 4 nitrogen and oxygen atoms in total. The van der Waals surface area contributed by atoms with Crippen LogP contribution in [0, 0.1) is 48.7 Å². The lowest BCUT2D eigenvalue weighted by Gasteiger charge is -2.31. The molecule has 0 aliphatic carbocycles. The lowest BCUT2D eigenvalue weighted by atomic mass is 9.73. The van der Waals surface area contributed by atoms with Crippen molar-refractivity contribution in [3.8, 4) is 11.1 Å². The number of aromatic nitrogens is 4. The minimum absolute atomic E-state index is 0. The Morgan fingerprint density at radius 3 is 0.957 bits per heavy atom. The lowest BCUT2D eigenvalue weighted by molar-refractivity contribution is 0.358. The fourth-order valence-electron chi connectivity index (χ4n) is 13.2. The average Bonchev–Trinajstić information content (AvgIpc) is 1.80. The average molecular weight is 1550 g/mol. The second-order valence-electron chi connectivity index (χ2n) is 41.6. The van der Waals surface area contributed by atoms with Gasteiger partial charge in [-0.15, -0.1) is 0 Å². The van der Waals surface area contributed by atoms with Crippen molar-refractivity contribution in [2.75, 3.05) is 0 Å². The molecule has 620 valence electrons. The number of aromatic amines is 2. The summed E-state index contributed by atoms with van der Waals surface area (Å²) in [4.78, 5) is 14.6. The maximum atomic E-state index is 4.26. The summed E-state index contributed by atoms with van der Waals surface area (Å²) in [5, 5.41) is 1.36. The maximum absolute atomic E-state index is 4.26. The first-order chi connectivity index (χ1) is 53.2. The zero-order chi connectivity index (χ0) is 84.7. The zero-order valence-electron chi connectivity index (χ0n) is 76.2. The van der Waals surface area contributed by atoms with E-state index < -0.39 is 0 Å². The SMILES string of the molecule is C.CC(C)(C)C(c1ccccc1)c1ccccc1.CC(C)(C)CCc1ccccc1.CC(C)(C)Cc1c[nH]c2ccccc12.CC(C)(C)Cc1ccc(-c2ccccc2)cc1.CC(C)(C)Cc1ccccc1.CC(C)(C)Cc1ccccc1.CC(C)(C)Cc1ccccc1.CC(C)(C)Cc1ccccn1.CC(C)(C)Cc1cnc[nH]1. The van der Waals surface area contributed by atoms with Gasteiger partial charge >= 0.3 is 0 Å². The van der Waals surface area contributed by atoms with Gasteiger partial charge in [-0.2, -0.15) is 0 Å². The summed E-state index contributed by atoms with van der Waals surface area (Å²) >= 11 is 0. The molecule has 3 heterocycles. The Labute approximate surface area is 704 Å². The van der Waals surface area contributed by atoms with Gasteiger partial charge in [0.25, 0.3) is 0 Å². The molecule has 2 N–H and O–H groups in total. The molecule has 0 amide bonds. The molecule has 0 bridgehead atoms. The Bertz CT molecular complexity index is 4120. The van der Waals surface area contributed by atoms with Gasteiger partial charge in [-0.1, -0.05) is 455 Å². The highest BCUT2D eigenvalue weighted by atomic mass is 14.9. The van der Waals surface area contributed by atoms with Gasteiger partial charge < -0.3 is 9.97 Å². The van der Waals surface area contributed by atoms with Crippen LogP contribution >= 0.6 is 0 Å². The second kappa shape index (κ2) is 48.4. The molecule has 0 saturated heterocycles. The number of H-pyrrole nitrogens is 2. The van der Waals surface area contributed by atoms with Crippen LogP contribution in [0.15, 0.2) is 304 Å². The van der Waals surface area contributed by atoms with E-state index in [0.29, 0.717) is 49.2 Å². The van der Waals surface area contributed by atoms with Crippen molar-refractivity contribution in [2.45, 2.75) is 258 Å². The summed E-state index contributed by atoms with van der Waals surface area (Å²) in [6.45, 7) is 61.1. The number of rotatable bonds is 12. The topological polar surface area (TPSA) is 57.4 Å². The van der Waals surface area contributed by atoms with Gasteiger partial charge in [0.05, 0.1) is 6.33 Å². The Kier molecular flexibility index (Phi) is 42.1. The number of nitrogens with zero attached hydrogens (tertiary/aromatic N) is 2. The van der Waals surface area contributed by atoms with E-state index in [-0.39, 0.29) is 12.8 Å². The first-order valence-corrected chi connectivity index (χ1v) is 42.0. The van der Waals surface area contributed by atoms with E-state index in [4.69, 9.17) is 0 Å². The number of hydrogen-bond acceptors (Lipinski definition) is 2. The molecule has 0 fully saturated rings. The van der Waals surface area contributed by atoms with E-state index in [1.54, 1.807) is 6.33 Å². The normalized spacial score (nSPS) is 11.6. The molecule has 12 rings (SSSR count). The molecule has 3 aromatic heterocycles. The highest BCUT2D eigenvalue weighted by Crippen LogP contribution is 2.40. The van der Waals surface area contributed by atoms with E-state index in [9.17, 15) is 0 Å². The fourth-order valence-corrected chi connectivity index (χ4v) is 13.2. The van der Waals surface area contributed by atoms with Crippen molar-refractivity contribution in [1.29, 1.82) is 0 Å². The van der Waals surface area contributed by atoms with Crippen molar-refractivity contribution in [2.24, 2.45) is 48.7 Å². The summed E-state index contributed by atoms with van der Waals surface area (Å²) in [5.41, 5.74) is 20.9. The largest absolute Gasteiger partial charge is 0.361 e. The van der Waals surface area contributed by atoms with Crippen molar-refractivity contribution in [3.63, 3.8) is 0 Å². The van der Waals surface area contributed by atoms with E-state index in [0.717, 1.165) is 44.9 Å². The van der Waals surface area contributed by atoms with Crippen molar-refractivity contribution in [1.82, 2.24) is 19.9 Å². The molecule has 9 aromatic carbocycles. The third kappa shape index (κ3) is 48.8. The van der Waals surface area contributed by atoms with Crippen LogP contribution in [0.1, 0.15) is 263 Å². The predicted octanol–water partition coefficient (Wildman–Crippen LogP) is 32.4. The van der Waals surface area contributed by atoms with Crippen LogP contribution in [-0.4, -0.2) is 19.9 Å². The van der Waals surface area contributed by atoms with Crippen LogP contribution < -0.4 is 0 Å². The van der Waals surface area contributed by atoms with Crippen molar-refractivity contribution < 1.29 is 0 Å². The lowest BCUT2D eigenvalue weighted by Crippen LogP contribution is -2.19. The number of pyridine rings is 1. The Balaban J connectivity index is 0.000000337. The van der Waals surface area contributed by atoms with E-state index in [1.807, 2.05) is 24.5 Å². The van der Waals surface area contributed by atoms with E-state index in [2.05, 4.69) is 480 Å². The molecule has 0 aliphatic rings. The number of aryl methyl sites for hydroxylation is 1. The number of nitrogens with one attached hydrogen (secondary N) is 2. The second-order valence-corrected chi connectivity index (χ2v) is 41.6. The number of imidazole rings is 1. The Morgan fingerprint density at radius 1 is 0.287 bits per heavy atom. The maximum Gasteiger partial charge on any atom is 0.0921 e. The molecule has 0 radical (unpaired) electrons. The van der Waals surface area contributed by atoms with Gasteiger partial charge in [0.15, 0.2) is 0 Å². The van der Waals surface area contributed by atoms with Crippen LogP contribution in [0.25, 0.3) is 22.0 Å². The number of fused-ring (bicyclic) bond motifs is 1. The minimum Gasteiger partial charge on any atom is -0.361 e. The highest BCUT2D eigenvalue weighted by molar-refractivity contribution is 5.83. The summed E-state index contributed by atoms with van der Waals surface area (Å²) < 4.78 is 0. The zero-order valence-corrected chi connectivity index (χ0v) is 76.2. The van der Waals surface area contributed by atoms with Gasteiger partial charge in [0, 0.05) is 46.8 Å². The van der Waals surface area contributed by atoms with E-state index in [1.165, 1.54) is 90.8 Å². The molecule has 115 heavy (non-hydrogen) atoms. The minimum atomic E-state index is 0. The Hall–Kier alpha value is -9.12. The molecule has 12 aromatic rings. The van der Waals surface area contributed by atoms with Gasteiger partial charge in [-0.05, 0) is 180 Å². The standard InChI is InChI=1S/2C17H20.C13H17N.C12H18.3C11H16.C10H15N.C8H14N2.CH4/c1-17(2,3)16(14-10-6-4-7-11-14)15-12-8-5-9-13-15;1-17(2,3)13-14-9-11-16(12-10-14)15-7-5-4-6-8-15;1-13(2,3)8-10-9-14-12-7-5-4-6-11(10)12;1-12(2,3)10-9-11-7-5-4-6-8-11;3*1-11(2,3)9-10-7-5-4-6-8-10;1-10(2,3)8-9-6-4-5-7-11-9;1-8(2,3)4-7-5-9-6-10-7;/h4-13,16H,1-3H3;4-12H,13H2,1-3H3;4-7,9,14H,8H2,1-3H3;4-8H,9-10H2,1-3H3;3*4-8H,9H2,1-3H3;4-7H,8H2,1-3H3;5-6H,4H2,1-3H3,(H,9,10);1H4. The Morgan fingerprint density at radius 2 is 0.617 bits per heavy atom. The molecule has 0 spiro atoms. The predicted molar refractivity (Wildman–Crippen MR) is 510 cm³/mol. The van der Waals surface area contributed by atoms with Crippen LogP contribution in [0.3, 0.4) is 0 Å². The third-order valence-corrected chi connectivity index (χ3v) is 17.8. The van der Waals surface area contributed by atoms with Crippen LogP contribution in [0.2, 0.25) is 0 Å². The van der Waals surface area contributed by atoms with Crippen LogP contribution in [0.4, 0.5) is 0 Å². The van der Waals surface area contributed by atoms with Gasteiger partial charge in [-0.3, -0.25) is 4.98 Å². The smallest absolute Gasteiger partial charge is 0.0921 e. The van der Waals surface area contributed by atoms with Gasteiger partial charge in [0.2, 0.25) is 0 Å². The molecule has 4 heteroatoms. The van der Waals surface area contributed by atoms with Crippen LogP contribution in [0.5, 0.6) is 0 Å². The molecule has 0 unspecified atom stereocenters. The molecule has 0 saturated carbocycles. The molecule has 0 atom stereocenters. The quantitative estimate of drug-likeness (QED) is 0.128. The van der Waals surface area contributed by atoms with E-state index >= 15 is 0 Å². The van der Waals surface area contributed by atoms with Gasteiger partial charge in [-0.25, -0.2) is 4.98 Å². The summed E-state index contributed by atoms with van der Waals surface area (Å²) in [6.07, 6.45) is 17.9. The van der Waals surface area contributed by atoms with Gasteiger partial charge in [0.1, 0.15) is 0 Å². The first kappa shape index (κ1) is 100. The molecule has 0 aliphatic heterocycles. The fraction of sp³-hybridized carbons (Fsp3) is 0.423. The van der Waals surface area contributed by atoms with Crippen LogP contribution in [-0.2, 0) is 51.4 Å². The van der Waals surface area contributed by atoms with Crippen molar-refractivity contribution >= 4 is 10.9 Å². The summed E-state index contributed by atoms with van der Waals surface area (Å²) in [7, 11) is 0. The molecular formula is C111H156N4. The third-order valence-electron chi connectivity index (χ3n) is 17.8.